The number of nitrogens with one attached hydrogen (secondary N) is 1. The number of rotatable bonds is 5. The van der Waals surface area contributed by atoms with Gasteiger partial charge in [0.1, 0.15) is 10.7 Å². The van der Waals surface area contributed by atoms with E-state index in [0.717, 1.165) is 16.2 Å². The van der Waals surface area contributed by atoms with Crippen LogP contribution < -0.4 is 11.1 Å². The van der Waals surface area contributed by atoms with Crippen LogP contribution in [0.3, 0.4) is 0 Å². The second-order valence-electron chi connectivity index (χ2n) is 4.11. The molecular weight excluding hydrogens is 262 g/mol. The van der Waals surface area contributed by atoms with Crippen LogP contribution in [0.1, 0.15) is 23.5 Å². The van der Waals surface area contributed by atoms with Crippen LogP contribution in [0.5, 0.6) is 0 Å². The van der Waals surface area contributed by atoms with Gasteiger partial charge < -0.3 is 16.0 Å². The van der Waals surface area contributed by atoms with Gasteiger partial charge in [0.05, 0.1) is 6.54 Å². The van der Waals surface area contributed by atoms with E-state index in [1.54, 1.807) is 0 Å². The summed E-state index contributed by atoms with van der Waals surface area (Å²) in [5.41, 5.74) is 5.61. The van der Waals surface area contributed by atoms with E-state index in [0.29, 0.717) is 5.13 Å². The molecule has 0 fully saturated rings. The zero-order valence-electron chi connectivity index (χ0n) is 10.4. The predicted molar refractivity (Wildman–Crippen MR) is 68.2 cm³/mol. The molecule has 1 aromatic heterocycles. The van der Waals surface area contributed by atoms with Crippen molar-refractivity contribution in [3.05, 3.63) is 4.88 Å². The molecule has 18 heavy (non-hydrogen) atoms. The summed E-state index contributed by atoms with van der Waals surface area (Å²) in [7, 11) is 1.31. The van der Waals surface area contributed by atoms with E-state index in [1.165, 1.54) is 7.05 Å². The highest BCUT2D eigenvalue weighted by Crippen LogP contribution is 2.26. The number of nitrogens with zero attached hydrogens (tertiary/aromatic N) is 2. The number of aromatic nitrogens is 1. The average molecular weight is 278 g/mol. The Morgan fingerprint density at radius 1 is 1.56 bits per heavy atom. The molecule has 1 amide bonds. The highest BCUT2D eigenvalue weighted by Gasteiger charge is 2.22. The molecule has 0 atom stereocenters. The molecule has 5 nitrogen and oxygen atoms in total. The largest absolute Gasteiger partial charge is 0.382 e. The summed E-state index contributed by atoms with van der Waals surface area (Å²) in [4.78, 5) is 17.0. The molecule has 3 N–H and O–H groups in total. The maximum Gasteiger partial charge on any atom is 0.267 e. The fourth-order valence-electron chi connectivity index (χ4n) is 1.26. The SMILES string of the molecule is CC(C)Nc1nc(N)c(C(=O)N(C)CC(F)F)s1. The fraction of sp³-hybridized carbons (Fsp3) is 0.600. The lowest BCUT2D eigenvalue weighted by atomic mass is 10.4. The van der Waals surface area contributed by atoms with Crippen LogP contribution in [0.4, 0.5) is 19.7 Å². The molecule has 0 bridgehead atoms. The van der Waals surface area contributed by atoms with Crippen LogP contribution in [-0.2, 0) is 0 Å². The number of carbonyl (C=O) groups excluding carboxylic acids is 1. The van der Waals surface area contributed by atoms with E-state index in [9.17, 15) is 13.6 Å². The van der Waals surface area contributed by atoms with Gasteiger partial charge in [0, 0.05) is 13.1 Å². The Labute approximate surface area is 108 Å². The quantitative estimate of drug-likeness (QED) is 0.862. The number of hydrogen-bond acceptors (Lipinski definition) is 5. The Kier molecular flexibility index (Phi) is 4.83. The highest BCUT2D eigenvalue weighted by molar-refractivity contribution is 7.18. The molecular formula is C10H16F2N4OS. The number of carbonyl (C=O) groups is 1. The maximum atomic E-state index is 12.2. The Morgan fingerprint density at radius 2 is 2.17 bits per heavy atom. The first kappa shape index (κ1) is 14.6. The van der Waals surface area contributed by atoms with Gasteiger partial charge in [-0.05, 0) is 13.8 Å². The summed E-state index contributed by atoms with van der Waals surface area (Å²) in [6, 6.07) is 0.150. The molecule has 1 rings (SSSR count). The van der Waals surface area contributed by atoms with E-state index >= 15 is 0 Å². The lowest BCUT2D eigenvalue weighted by Crippen LogP contribution is -2.31. The first-order valence-corrected chi connectivity index (χ1v) is 6.19. The molecule has 0 saturated carbocycles. The summed E-state index contributed by atoms with van der Waals surface area (Å²) in [6.07, 6.45) is -2.57. The zero-order chi connectivity index (χ0) is 13.9. The van der Waals surface area contributed by atoms with Crippen molar-refractivity contribution in [3.63, 3.8) is 0 Å². The van der Waals surface area contributed by atoms with E-state index in [1.807, 2.05) is 13.8 Å². The Balaban J connectivity index is 2.82. The first-order chi connectivity index (χ1) is 8.31. The van der Waals surface area contributed by atoms with Crippen molar-refractivity contribution in [2.24, 2.45) is 0 Å². The van der Waals surface area contributed by atoms with Crippen LogP contribution in [0.25, 0.3) is 0 Å². The van der Waals surface area contributed by atoms with E-state index in [-0.39, 0.29) is 16.7 Å². The third-order valence-corrected chi connectivity index (χ3v) is 3.01. The van der Waals surface area contributed by atoms with E-state index in [2.05, 4.69) is 10.3 Å². The van der Waals surface area contributed by atoms with Crippen molar-refractivity contribution in [1.29, 1.82) is 0 Å². The number of nitrogens with two attached hydrogens (primary N) is 1. The number of hydrogen-bond donors (Lipinski definition) is 2. The smallest absolute Gasteiger partial charge is 0.267 e. The molecule has 1 aromatic rings. The van der Waals surface area contributed by atoms with Gasteiger partial charge in [-0.25, -0.2) is 13.8 Å². The van der Waals surface area contributed by atoms with E-state index < -0.39 is 18.9 Å². The number of thiazole rings is 1. The first-order valence-electron chi connectivity index (χ1n) is 5.37. The zero-order valence-corrected chi connectivity index (χ0v) is 11.2. The maximum absolute atomic E-state index is 12.2. The lowest BCUT2D eigenvalue weighted by Gasteiger charge is -2.15. The predicted octanol–water partition coefficient (Wildman–Crippen LogP) is 1.88. The van der Waals surface area contributed by atoms with E-state index in [4.69, 9.17) is 5.73 Å². The van der Waals surface area contributed by atoms with Crippen LogP contribution in [0, 0.1) is 0 Å². The third kappa shape index (κ3) is 3.80. The summed E-state index contributed by atoms with van der Waals surface area (Å²) < 4.78 is 24.4. The molecule has 102 valence electrons. The van der Waals surface area contributed by atoms with Crippen molar-refractivity contribution in [1.82, 2.24) is 9.88 Å². The lowest BCUT2D eigenvalue weighted by molar-refractivity contribution is 0.0625. The third-order valence-electron chi connectivity index (χ3n) is 2.02. The minimum atomic E-state index is -2.57. The van der Waals surface area contributed by atoms with Gasteiger partial charge in [0.15, 0.2) is 5.13 Å². The molecule has 0 aliphatic heterocycles. The number of nitrogen functional groups attached to an aromatic ring is 1. The molecule has 8 heteroatoms. The fourth-order valence-corrected chi connectivity index (χ4v) is 2.28. The van der Waals surface area contributed by atoms with Gasteiger partial charge >= 0.3 is 0 Å². The van der Waals surface area contributed by atoms with Crippen molar-refractivity contribution in [2.75, 3.05) is 24.6 Å². The minimum absolute atomic E-state index is 0.0641. The molecule has 0 saturated heterocycles. The van der Waals surface area contributed by atoms with Crippen molar-refractivity contribution in [2.45, 2.75) is 26.3 Å². The standard InChI is InChI=1S/C10H16F2N4OS/c1-5(2)14-10-15-8(13)7(18-10)9(17)16(3)4-6(11)12/h5-6H,4,13H2,1-3H3,(H,14,15). The number of halogens is 2. The number of anilines is 2. The molecule has 0 radical (unpaired) electrons. The van der Waals surface area contributed by atoms with Gasteiger partial charge in [-0.15, -0.1) is 0 Å². The summed E-state index contributed by atoms with van der Waals surface area (Å²) in [5.74, 6) is -0.476. The highest BCUT2D eigenvalue weighted by atomic mass is 32.1. The van der Waals surface area contributed by atoms with Crippen LogP contribution in [-0.4, -0.2) is 41.9 Å². The number of alkyl halides is 2. The van der Waals surface area contributed by atoms with Gasteiger partial charge in [-0.1, -0.05) is 11.3 Å². The van der Waals surface area contributed by atoms with Crippen LogP contribution in [0.2, 0.25) is 0 Å². The van der Waals surface area contributed by atoms with Gasteiger partial charge in [0.25, 0.3) is 12.3 Å². The van der Waals surface area contributed by atoms with Crippen molar-refractivity contribution in [3.8, 4) is 0 Å². The van der Waals surface area contributed by atoms with Gasteiger partial charge in [-0.3, -0.25) is 4.79 Å². The summed E-state index contributed by atoms with van der Waals surface area (Å²) >= 11 is 1.07. The molecule has 0 aliphatic carbocycles. The normalized spacial score (nSPS) is 11.1. The number of amides is 1. The topological polar surface area (TPSA) is 71.2 Å². The monoisotopic (exact) mass is 278 g/mol. The average Bonchev–Trinajstić information content (AvgIpc) is 2.56. The minimum Gasteiger partial charge on any atom is -0.382 e. The molecule has 0 spiro atoms. The summed E-state index contributed by atoms with van der Waals surface area (Å²) in [5, 5.41) is 3.52. The Hall–Kier alpha value is -1.44. The van der Waals surface area contributed by atoms with Gasteiger partial charge in [0.2, 0.25) is 0 Å². The van der Waals surface area contributed by atoms with Crippen molar-refractivity contribution >= 4 is 28.2 Å². The second kappa shape index (κ2) is 5.94. The molecule has 1 heterocycles. The van der Waals surface area contributed by atoms with Gasteiger partial charge in [-0.2, -0.15) is 0 Å². The molecule has 0 unspecified atom stereocenters. The molecule has 0 aliphatic rings. The molecule has 0 aromatic carbocycles. The Bertz CT molecular complexity index is 422. The van der Waals surface area contributed by atoms with Crippen LogP contribution in [0.15, 0.2) is 0 Å². The Morgan fingerprint density at radius 3 is 2.67 bits per heavy atom. The second-order valence-corrected chi connectivity index (χ2v) is 5.11. The van der Waals surface area contributed by atoms with Crippen LogP contribution >= 0.6 is 11.3 Å². The van der Waals surface area contributed by atoms with Crippen molar-refractivity contribution < 1.29 is 13.6 Å². The summed E-state index contributed by atoms with van der Waals surface area (Å²) in [6.45, 7) is 3.22.